The maximum Gasteiger partial charge on any atom is 0.256 e. The lowest BCUT2D eigenvalue weighted by Gasteiger charge is -2.37. The summed E-state index contributed by atoms with van der Waals surface area (Å²) in [4.78, 5) is 38.2. The third-order valence-electron chi connectivity index (χ3n) is 6.50. The highest BCUT2D eigenvalue weighted by Gasteiger charge is 2.33. The highest BCUT2D eigenvalue weighted by molar-refractivity contribution is 5.98. The van der Waals surface area contributed by atoms with E-state index in [1.165, 1.54) is 18.4 Å². The SMILES string of the molecule is O=C(c1cnc2c(c1)ncn2CCc1ccccc1)N1CCN(C2CCCC2)C(=O)C1. The molecule has 0 radical (unpaired) electrons. The number of piperazine rings is 1. The molecule has 5 rings (SSSR count). The van der Waals surface area contributed by atoms with Crippen molar-refractivity contribution in [2.24, 2.45) is 0 Å². The number of carbonyl (C=O) groups excluding carboxylic acids is 2. The summed E-state index contributed by atoms with van der Waals surface area (Å²) in [5.74, 6) is -0.0848. The van der Waals surface area contributed by atoms with Crippen molar-refractivity contribution in [3.63, 3.8) is 0 Å². The number of hydrogen-bond donors (Lipinski definition) is 0. The zero-order valence-electron chi connectivity index (χ0n) is 17.6. The number of hydrogen-bond acceptors (Lipinski definition) is 4. The molecule has 7 nitrogen and oxygen atoms in total. The van der Waals surface area contributed by atoms with Gasteiger partial charge in [-0.1, -0.05) is 43.2 Å². The largest absolute Gasteiger partial charge is 0.336 e. The molecule has 7 heteroatoms. The quantitative estimate of drug-likeness (QED) is 0.640. The lowest BCUT2D eigenvalue weighted by atomic mass is 10.1. The number of aromatic nitrogens is 3. The molecule has 2 aromatic heterocycles. The van der Waals surface area contributed by atoms with E-state index in [9.17, 15) is 9.59 Å². The minimum absolute atomic E-state index is 0.0609. The van der Waals surface area contributed by atoms with Crippen molar-refractivity contribution < 1.29 is 9.59 Å². The molecule has 1 aromatic carbocycles. The van der Waals surface area contributed by atoms with Gasteiger partial charge in [0.25, 0.3) is 5.91 Å². The normalized spacial score (nSPS) is 17.6. The van der Waals surface area contributed by atoms with Crippen LogP contribution >= 0.6 is 0 Å². The van der Waals surface area contributed by atoms with Gasteiger partial charge in [-0.25, -0.2) is 9.97 Å². The van der Waals surface area contributed by atoms with Gasteiger partial charge in [-0.3, -0.25) is 9.59 Å². The average Bonchev–Trinajstić information content (AvgIpc) is 3.47. The summed E-state index contributed by atoms with van der Waals surface area (Å²) >= 11 is 0. The van der Waals surface area contributed by atoms with Gasteiger partial charge < -0.3 is 14.4 Å². The van der Waals surface area contributed by atoms with Crippen molar-refractivity contribution in [2.75, 3.05) is 19.6 Å². The standard InChI is InChI=1S/C24H27N5O2/c30-22-16-27(12-13-29(22)20-8-4-5-9-20)24(31)19-14-21-23(25-15-19)28(17-26-21)11-10-18-6-2-1-3-7-18/h1-3,6-7,14-15,17,20H,4-5,8-13,16H2. The summed E-state index contributed by atoms with van der Waals surface area (Å²) in [7, 11) is 0. The summed E-state index contributed by atoms with van der Waals surface area (Å²) in [6.07, 6.45) is 8.85. The lowest BCUT2D eigenvalue weighted by Crippen LogP contribution is -2.54. The Labute approximate surface area is 181 Å². The molecule has 0 N–H and O–H groups in total. The first-order valence-electron chi connectivity index (χ1n) is 11.1. The number of imidazole rings is 1. The molecular weight excluding hydrogens is 390 g/mol. The maximum absolute atomic E-state index is 13.0. The minimum atomic E-state index is -0.146. The average molecular weight is 418 g/mol. The Morgan fingerprint density at radius 2 is 1.87 bits per heavy atom. The zero-order valence-corrected chi connectivity index (χ0v) is 17.6. The molecule has 1 saturated carbocycles. The maximum atomic E-state index is 13.0. The van der Waals surface area contributed by atoms with Crippen molar-refractivity contribution in [3.8, 4) is 0 Å². The van der Waals surface area contributed by atoms with Gasteiger partial charge in [0.2, 0.25) is 5.91 Å². The fourth-order valence-electron chi connectivity index (χ4n) is 4.77. The summed E-state index contributed by atoms with van der Waals surface area (Å²) in [6, 6.07) is 12.5. The molecule has 2 aliphatic rings. The molecule has 3 heterocycles. The van der Waals surface area contributed by atoms with Gasteiger partial charge in [-0.05, 0) is 30.9 Å². The molecule has 2 fully saturated rings. The van der Waals surface area contributed by atoms with Gasteiger partial charge in [0, 0.05) is 31.9 Å². The number of benzene rings is 1. The first-order valence-corrected chi connectivity index (χ1v) is 11.1. The van der Waals surface area contributed by atoms with Gasteiger partial charge in [0.15, 0.2) is 5.65 Å². The van der Waals surface area contributed by atoms with Crippen LogP contribution in [0.5, 0.6) is 0 Å². The van der Waals surface area contributed by atoms with Gasteiger partial charge >= 0.3 is 0 Å². The number of pyridine rings is 1. The second kappa shape index (κ2) is 8.49. The molecule has 1 aliphatic carbocycles. The van der Waals surface area contributed by atoms with Crippen LogP contribution in [0.25, 0.3) is 11.2 Å². The van der Waals surface area contributed by atoms with Crippen LogP contribution in [0.15, 0.2) is 48.9 Å². The molecular formula is C24H27N5O2. The Kier molecular flexibility index (Phi) is 5.40. The van der Waals surface area contributed by atoms with Crippen LogP contribution < -0.4 is 0 Å². The number of nitrogens with zero attached hydrogens (tertiary/aromatic N) is 5. The molecule has 0 unspecified atom stereocenters. The van der Waals surface area contributed by atoms with Crippen molar-refractivity contribution in [1.29, 1.82) is 0 Å². The topological polar surface area (TPSA) is 71.3 Å². The highest BCUT2D eigenvalue weighted by Crippen LogP contribution is 2.25. The second-order valence-electron chi connectivity index (χ2n) is 8.49. The third-order valence-corrected chi connectivity index (χ3v) is 6.50. The smallest absolute Gasteiger partial charge is 0.256 e. The monoisotopic (exact) mass is 417 g/mol. The van der Waals surface area contributed by atoms with Gasteiger partial charge in [0.1, 0.15) is 12.1 Å². The Balaban J connectivity index is 1.26. The zero-order chi connectivity index (χ0) is 21.2. The van der Waals surface area contributed by atoms with E-state index in [4.69, 9.17) is 0 Å². The molecule has 0 bridgehead atoms. The molecule has 2 amide bonds. The van der Waals surface area contributed by atoms with Crippen LogP contribution in [0.4, 0.5) is 0 Å². The fraction of sp³-hybridized carbons (Fsp3) is 0.417. The van der Waals surface area contributed by atoms with Crippen LogP contribution in [0.2, 0.25) is 0 Å². The van der Waals surface area contributed by atoms with E-state index >= 15 is 0 Å². The second-order valence-corrected chi connectivity index (χ2v) is 8.49. The Bertz CT molecular complexity index is 1090. The Morgan fingerprint density at radius 3 is 2.65 bits per heavy atom. The Morgan fingerprint density at radius 1 is 1.06 bits per heavy atom. The van der Waals surface area contributed by atoms with E-state index < -0.39 is 0 Å². The van der Waals surface area contributed by atoms with Crippen molar-refractivity contribution >= 4 is 23.0 Å². The number of amides is 2. The molecule has 0 atom stereocenters. The molecule has 1 aliphatic heterocycles. The molecule has 3 aromatic rings. The first-order chi connectivity index (χ1) is 15.2. The molecule has 31 heavy (non-hydrogen) atoms. The van der Waals surface area contributed by atoms with Gasteiger partial charge in [0.05, 0.1) is 11.9 Å². The lowest BCUT2D eigenvalue weighted by molar-refractivity contribution is -0.137. The number of aryl methyl sites for hydroxylation is 2. The van der Waals surface area contributed by atoms with Crippen LogP contribution in [-0.4, -0.2) is 61.8 Å². The molecule has 160 valence electrons. The molecule has 1 saturated heterocycles. The third kappa shape index (κ3) is 4.04. The van der Waals surface area contributed by atoms with Gasteiger partial charge in [-0.15, -0.1) is 0 Å². The summed E-state index contributed by atoms with van der Waals surface area (Å²) < 4.78 is 2.01. The summed E-state index contributed by atoms with van der Waals surface area (Å²) in [6.45, 7) is 2.13. The van der Waals surface area contributed by atoms with Crippen molar-refractivity contribution in [3.05, 3.63) is 60.0 Å². The van der Waals surface area contributed by atoms with E-state index in [0.29, 0.717) is 30.2 Å². The predicted molar refractivity (Wildman–Crippen MR) is 118 cm³/mol. The summed E-state index contributed by atoms with van der Waals surface area (Å²) in [5, 5.41) is 0. The minimum Gasteiger partial charge on any atom is -0.336 e. The predicted octanol–water partition coefficient (Wildman–Crippen LogP) is 2.90. The van der Waals surface area contributed by atoms with Gasteiger partial charge in [-0.2, -0.15) is 0 Å². The van der Waals surface area contributed by atoms with E-state index in [1.807, 2.05) is 27.7 Å². The van der Waals surface area contributed by atoms with E-state index in [-0.39, 0.29) is 18.4 Å². The Hall–Kier alpha value is -3.22. The highest BCUT2D eigenvalue weighted by atomic mass is 16.2. The number of rotatable bonds is 5. The van der Waals surface area contributed by atoms with Crippen LogP contribution in [0.3, 0.4) is 0 Å². The van der Waals surface area contributed by atoms with E-state index in [2.05, 4.69) is 22.1 Å². The molecule has 0 spiro atoms. The van der Waals surface area contributed by atoms with Crippen LogP contribution in [0, 0.1) is 0 Å². The fourth-order valence-corrected chi connectivity index (χ4v) is 4.77. The van der Waals surface area contributed by atoms with E-state index in [1.54, 1.807) is 23.5 Å². The summed E-state index contributed by atoms with van der Waals surface area (Å²) in [5.41, 5.74) is 3.23. The van der Waals surface area contributed by atoms with Crippen molar-refractivity contribution in [1.82, 2.24) is 24.3 Å². The van der Waals surface area contributed by atoms with Crippen LogP contribution in [0.1, 0.15) is 41.6 Å². The van der Waals surface area contributed by atoms with Crippen molar-refractivity contribution in [2.45, 2.75) is 44.7 Å². The first kappa shape index (κ1) is 19.7. The van der Waals surface area contributed by atoms with Crippen LogP contribution in [-0.2, 0) is 17.8 Å². The number of carbonyl (C=O) groups is 2. The van der Waals surface area contributed by atoms with E-state index in [0.717, 1.165) is 31.5 Å². The number of fused-ring (bicyclic) bond motifs is 1.